The summed E-state index contributed by atoms with van der Waals surface area (Å²) in [6.45, 7) is 0.940. The lowest BCUT2D eigenvalue weighted by atomic mass is 10.1. The first-order valence-electron chi connectivity index (χ1n) is 7.37. The number of hydrogen-bond acceptors (Lipinski definition) is 1. The van der Waals surface area contributed by atoms with Gasteiger partial charge in [-0.05, 0) is 28.8 Å². The molecular weight excluding hydrogens is 260 g/mol. The fraction of sp³-hybridized carbons (Fsp3) is 0.222. The standard InChI is InChI=1S/C18H20OSi/c1-3-9-16(10-4-1)15-18(17-11-5-2-6-12-17)20-14-8-7-13-19-20/h1-6,9-12,15,20H,7-8,13-14H2. The van der Waals surface area contributed by atoms with Gasteiger partial charge in [0, 0.05) is 6.61 Å². The first-order valence-corrected chi connectivity index (χ1v) is 9.24. The van der Waals surface area contributed by atoms with Crippen molar-refractivity contribution in [2.75, 3.05) is 6.61 Å². The first kappa shape index (κ1) is 13.3. The SMILES string of the molecule is C(=C(c1ccccc1)[SiH]1CCCCO1)c1ccccc1. The van der Waals surface area contributed by atoms with Gasteiger partial charge >= 0.3 is 0 Å². The highest BCUT2D eigenvalue weighted by Gasteiger charge is 2.22. The monoisotopic (exact) mass is 280 g/mol. The topological polar surface area (TPSA) is 9.23 Å². The van der Waals surface area contributed by atoms with Gasteiger partial charge < -0.3 is 4.43 Å². The smallest absolute Gasteiger partial charge is 0.208 e. The molecular formula is C18H20OSi. The number of benzene rings is 2. The van der Waals surface area contributed by atoms with Crippen molar-refractivity contribution in [1.82, 2.24) is 0 Å². The largest absolute Gasteiger partial charge is 0.415 e. The Morgan fingerprint density at radius 1 is 0.900 bits per heavy atom. The highest BCUT2D eigenvalue weighted by Crippen LogP contribution is 2.27. The fourth-order valence-corrected chi connectivity index (χ4v) is 5.42. The summed E-state index contributed by atoms with van der Waals surface area (Å²) >= 11 is 0. The molecule has 0 amide bonds. The summed E-state index contributed by atoms with van der Waals surface area (Å²) in [5.74, 6) is 0. The second-order valence-electron chi connectivity index (χ2n) is 5.23. The molecule has 0 bridgehead atoms. The maximum Gasteiger partial charge on any atom is 0.208 e. The van der Waals surface area contributed by atoms with E-state index in [0.717, 1.165) is 6.61 Å². The summed E-state index contributed by atoms with van der Waals surface area (Å²) in [6, 6.07) is 22.6. The predicted octanol–water partition coefficient (Wildman–Crippen LogP) is 4.30. The van der Waals surface area contributed by atoms with Crippen LogP contribution in [0.2, 0.25) is 6.04 Å². The van der Waals surface area contributed by atoms with Gasteiger partial charge in [0.2, 0.25) is 9.04 Å². The summed E-state index contributed by atoms with van der Waals surface area (Å²) in [5, 5.41) is 1.44. The minimum atomic E-state index is -1.28. The third-order valence-electron chi connectivity index (χ3n) is 3.76. The van der Waals surface area contributed by atoms with Crippen LogP contribution in [0.3, 0.4) is 0 Å². The molecule has 1 atom stereocenters. The Bertz CT molecular complexity index is 556. The normalized spacial score (nSPS) is 19.8. The zero-order valence-corrected chi connectivity index (χ0v) is 12.8. The van der Waals surface area contributed by atoms with Gasteiger partial charge in [-0.2, -0.15) is 0 Å². The molecule has 1 heterocycles. The van der Waals surface area contributed by atoms with E-state index >= 15 is 0 Å². The summed E-state index contributed by atoms with van der Waals surface area (Å²) < 4.78 is 6.14. The molecule has 3 rings (SSSR count). The van der Waals surface area contributed by atoms with Crippen molar-refractivity contribution >= 4 is 20.3 Å². The summed E-state index contributed by atoms with van der Waals surface area (Å²) in [6.07, 6.45) is 4.87. The molecule has 0 radical (unpaired) electrons. The van der Waals surface area contributed by atoms with Crippen molar-refractivity contribution in [3.63, 3.8) is 0 Å². The van der Waals surface area contributed by atoms with Gasteiger partial charge in [-0.15, -0.1) is 0 Å². The molecule has 1 saturated heterocycles. The Morgan fingerprint density at radius 3 is 2.25 bits per heavy atom. The van der Waals surface area contributed by atoms with Crippen molar-refractivity contribution in [3.8, 4) is 0 Å². The van der Waals surface area contributed by atoms with Crippen LogP contribution in [-0.2, 0) is 4.43 Å². The van der Waals surface area contributed by atoms with Crippen molar-refractivity contribution in [2.24, 2.45) is 0 Å². The molecule has 1 nitrogen and oxygen atoms in total. The van der Waals surface area contributed by atoms with Gasteiger partial charge in [-0.25, -0.2) is 0 Å². The van der Waals surface area contributed by atoms with Crippen molar-refractivity contribution in [1.29, 1.82) is 0 Å². The third kappa shape index (κ3) is 3.27. The lowest BCUT2D eigenvalue weighted by molar-refractivity contribution is 0.295. The van der Waals surface area contributed by atoms with Crippen LogP contribution in [0.25, 0.3) is 11.3 Å². The van der Waals surface area contributed by atoms with E-state index in [4.69, 9.17) is 4.43 Å². The second kappa shape index (κ2) is 6.68. The van der Waals surface area contributed by atoms with E-state index < -0.39 is 9.04 Å². The van der Waals surface area contributed by atoms with E-state index in [9.17, 15) is 0 Å². The number of rotatable bonds is 3. The quantitative estimate of drug-likeness (QED) is 0.601. The lowest BCUT2D eigenvalue weighted by Crippen LogP contribution is -2.25. The van der Waals surface area contributed by atoms with Gasteiger partial charge in [-0.3, -0.25) is 0 Å². The molecule has 2 aromatic carbocycles. The van der Waals surface area contributed by atoms with Gasteiger partial charge in [0.25, 0.3) is 0 Å². The molecule has 0 aliphatic carbocycles. The van der Waals surface area contributed by atoms with E-state index in [0.29, 0.717) is 0 Å². The summed E-state index contributed by atoms with van der Waals surface area (Å²) in [5.41, 5.74) is 2.60. The Labute approximate surface area is 122 Å². The molecule has 0 N–H and O–H groups in total. The first-order chi connectivity index (χ1) is 9.93. The van der Waals surface area contributed by atoms with Crippen LogP contribution in [0.1, 0.15) is 24.0 Å². The third-order valence-corrected chi connectivity index (χ3v) is 6.52. The molecule has 1 unspecified atom stereocenters. The highest BCUT2D eigenvalue weighted by molar-refractivity contribution is 6.75. The molecule has 1 aliphatic heterocycles. The average molecular weight is 280 g/mol. The van der Waals surface area contributed by atoms with Crippen molar-refractivity contribution in [2.45, 2.75) is 18.9 Å². The second-order valence-corrected chi connectivity index (χ2v) is 7.74. The van der Waals surface area contributed by atoms with Crippen LogP contribution in [0.15, 0.2) is 60.7 Å². The van der Waals surface area contributed by atoms with Gasteiger partial charge in [0.1, 0.15) is 0 Å². The predicted molar refractivity (Wildman–Crippen MR) is 87.9 cm³/mol. The summed E-state index contributed by atoms with van der Waals surface area (Å²) in [7, 11) is -1.28. The zero-order valence-electron chi connectivity index (χ0n) is 11.7. The molecule has 1 fully saturated rings. The van der Waals surface area contributed by atoms with E-state index in [1.165, 1.54) is 35.2 Å². The lowest BCUT2D eigenvalue weighted by Gasteiger charge is -2.24. The molecule has 102 valence electrons. The van der Waals surface area contributed by atoms with Gasteiger partial charge in [0.05, 0.1) is 0 Å². The molecule has 0 spiro atoms. The maximum absolute atomic E-state index is 6.14. The van der Waals surface area contributed by atoms with Crippen molar-refractivity contribution < 1.29 is 4.43 Å². The van der Waals surface area contributed by atoms with Gasteiger partial charge in [0.15, 0.2) is 0 Å². The minimum absolute atomic E-state index is 0.940. The number of hydrogen-bond donors (Lipinski definition) is 0. The van der Waals surface area contributed by atoms with E-state index in [-0.39, 0.29) is 0 Å². The molecule has 20 heavy (non-hydrogen) atoms. The maximum atomic E-state index is 6.14. The van der Waals surface area contributed by atoms with E-state index in [1.54, 1.807) is 0 Å². The Morgan fingerprint density at radius 2 is 1.60 bits per heavy atom. The zero-order chi connectivity index (χ0) is 13.6. The van der Waals surface area contributed by atoms with E-state index in [2.05, 4.69) is 66.7 Å². The molecule has 2 aromatic rings. The molecule has 0 saturated carbocycles. The Hall–Kier alpha value is -1.64. The minimum Gasteiger partial charge on any atom is -0.415 e. The van der Waals surface area contributed by atoms with Crippen LogP contribution in [0, 0.1) is 0 Å². The van der Waals surface area contributed by atoms with Crippen molar-refractivity contribution in [3.05, 3.63) is 71.8 Å². The van der Waals surface area contributed by atoms with Crippen LogP contribution in [-0.4, -0.2) is 15.6 Å². The Kier molecular flexibility index (Phi) is 4.46. The van der Waals surface area contributed by atoms with Crippen LogP contribution >= 0.6 is 0 Å². The summed E-state index contributed by atoms with van der Waals surface area (Å²) in [4.78, 5) is 0. The Balaban J connectivity index is 1.97. The highest BCUT2D eigenvalue weighted by atomic mass is 28.3. The molecule has 1 aliphatic rings. The average Bonchev–Trinajstić information content (AvgIpc) is 2.55. The fourth-order valence-electron chi connectivity index (χ4n) is 2.71. The molecule has 0 aromatic heterocycles. The van der Waals surface area contributed by atoms with Crippen LogP contribution < -0.4 is 0 Å². The molecule has 2 heteroatoms. The van der Waals surface area contributed by atoms with Crippen LogP contribution in [0.5, 0.6) is 0 Å². The van der Waals surface area contributed by atoms with E-state index in [1.807, 2.05) is 0 Å². The van der Waals surface area contributed by atoms with Crippen LogP contribution in [0.4, 0.5) is 0 Å². The van der Waals surface area contributed by atoms with Gasteiger partial charge in [-0.1, -0.05) is 73.2 Å².